The zero-order valence-corrected chi connectivity index (χ0v) is 12.9. The van der Waals surface area contributed by atoms with Crippen LogP contribution in [0.3, 0.4) is 0 Å². The van der Waals surface area contributed by atoms with Gasteiger partial charge in [0.2, 0.25) is 0 Å². The molecule has 116 valence electrons. The number of hydrogen-bond donors (Lipinski definition) is 0. The maximum Gasteiger partial charge on any atom is 0.347 e. The Morgan fingerprint density at radius 3 is 2.26 bits per heavy atom. The van der Waals surface area contributed by atoms with E-state index in [1.54, 1.807) is 31.4 Å². The lowest BCUT2D eigenvalue weighted by atomic mass is 10.1. The quantitative estimate of drug-likeness (QED) is 0.538. The highest BCUT2D eigenvalue weighted by atomic mass is 16.5. The van der Waals surface area contributed by atoms with Gasteiger partial charge in [-0.05, 0) is 41.1 Å². The lowest BCUT2D eigenvalue weighted by molar-refractivity contribution is 0.0731. The molecule has 3 aromatic rings. The Labute approximate surface area is 134 Å². The van der Waals surface area contributed by atoms with Gasteiger partial charge in [-0.15, -0.1) is 0 Å². The summed E-state index contributed by atoms with van der Waals surface area (Å²) in [5.41, 5.74) is 0.319. The van der Waals surface area contributed by atoms with Crippen molar-refractivity contribution in [3.8, 4) is 17.2 Å². The summed E-state index contributed by atoms with van der Waals surface area (Å²) >= 11 is 0. The summed E-state index contributed by atoms with van der Waals surface area (Å²) in [6, 6.07) is 18.4. The lowest BCUT2D eigenvalue weighted by Crippen LogP contribution is -2.10. The van der Waals surface area contributed by atoms with Crippen LogP contribution in [-0.2, 0) is 0 Å². The zero-order valence-electron chi connectivity index (χ0n) is 12.9. The second kappa shape index (κ2) is 6.40. The first-order valence-electron chi connectivity index (χ1n) is 7.14. The molecule has 0 aromatic heterocycles. The molecular formula is C19H16O4. The van der Waals surface area contributed by atoms with Gasteiger partial charge in [-0.3, -0.25) is 0 Å². The molecule has 0 radical (unpaired) electrons. The number of fused-ring (bicyclic) bond motifs is 1. The predicted octanol–water partition coefficient (Wildman–Crippen LogP) is 4.08. The third-order valence-electron chi connectivity index (χ3n) is 3.56. The SMILES string of the molecule is COc1ccc(OC)c(C(=O)Oc2ccc3ccccc3c2)c1. The maximum atomic E-state index is 12.4. The highest BCUT2D eigenvalue weighted by Crippen LogP contribution is 2.26. The molecule has 0 aliphatic rings. The van der Waals surface area contributed by atoms with Crippen LogP contribution in [-0.4, -0.2) is 20.2 Å². The van der Waals surface area contributed by atoms with Gasteiger partial charge in [0.1, 0.15) is 22.8 Å². The van der Waals surface area contributed by atoms with Gasteiger partial charge in [0.15, 0.2) is 0 Å². The average molecular weight is 308 g/mol. The van der Waals surface area contributed by atoms with E-state index in [0.29, 0.717) is 22.8 Å². The number of esters is 1. The summed E-state index contributed by atoms with van der Waals surface area (Å²) in [5, 5.41) is 2.10. The Bertz CT molecular complexity index is 855. The molecule has 0 bridgehead atoms. The van der Waals surface area contributed by atoms with E-state index in [9.17, 15) is 4.79 Å². The molecule has 3 rings (SSSR count). The Kier molecular flexibility index (Phi) is 4.15. The van der Waals surface area contributed by atoms with E-state index < -0.39 is 5.97 Å². The van der Waals surface area contributed by atoms with Gasteiger partial charge in [0.25, 0.3) is 0 Å². The molecule has 0 heterocycles. The van der Waals surface area contributed by atoms with Gasteiger partial charge in [0, 0.05) is 0 Å². The minimum Gasteiger partial charge on any atom is -0.497 e. The van der Waals surface area contributed by atoms with Crippen molar-refractivity contribution in [1.29, 1.82) is 0 Å². The summed E-state index contributed by atoms with van der Waals surface area (Å²) in [6.07, 6.45) is 0. The second-order valence-corrected chi connectivity index (χ2v) is 4.96. The van der Waals surface area contributed by atoms with Crippen LogP contribution < -0.4 is 14.2 Å². The van der Waals surface area contributed by atoms with E-state index in [4.69, 9.17) is 14.2 Å². The van der Waals surface area contributed by atoms with Crippen molar-refractivity contribution < 1.29 is 19.0 Å². The topological polar surface area (TPSA) is 44.8 Å². The van der Waals surface area contributed by atoms with Crippen molar-refractivity contribution in [1.82, 2.24) is 0 Å². The molecule has 0 saturated heterocycles. The second-order valence-electron chi connectivity index (χ2n) is 4.96. The van der Waals surface area contributed by atoms with Crippen LogP contribution >= 0.6 is 0 Å². The molecule has 3 aromatic carbocycles. The fourth-order valence-corrected chi connectivity index (χ4v) is 2.37. The molecule has 23 heavy (non-hydrogen) atoms. The minimum absolute atomic E-state index is 0.319. The average Bonchev–Trinajstić information content (AvgIpc) is 2.61. The third-order valence-corrected chi connectivity index (χ3v) is 3.56. The van der Waals surface area contributed by atoms with Gasteiger partial charge in [-0.2, -0.15) is 0 Å². The number of benzene rings is 3. The monoisotopic (exact) mass is 308 g/mol. The van der Waals surface area contributed by atoms with E-state index in [0.717, 1.165) is 10.8 Å². The van der Waals surface area contributed by atoms with Crippen LogP contribution in [0.1, 0.15) is 10.4 Å². The summed E-state index contributed by atoms with van der Waals surface area (Å²) in [6.45, 7) is 0. The highest BCUT2D eigenvalue weighted by molar-refractivity contribution is 5.95. The molecule has 4 heteroatoms. The number of carbonyl (C=O) groups is 1. The largest absolute Gasteiger partial charge is 0.497 e. The molecule has 0 N–H and O–H groups in total. The lowest BCUT2D eigenvalue weighted by Gasteiger charge is -2.10. The zero-order chi connectivity index (χ0) is 16.2. The van der Waals surface area contributed by atoms with E-state index in [2.05, 4.69) is 0 Å². The molecule has 0 aliphatic carbocycles. The summed E-state index contributed by atoms with van der Waals surface area (Å²) in [5.74, 6) is 1.00. The van der Waals surface area contributed by atoms with Gasteiger partial charge in [-0.25, -0.2) is 4.79 Å². The molecule has 0 amide bonds. The van der Waals surface area contributed by atoms with Crippen molar-refractivity contribution in [2.45, 2.75) is 0 Å². The Morgan fingerprint density at radius 2 is 1.52 bits per heavy atom. The highest BCUT2D eigenvalue weighted by Gasteiger charge is 2.16. The molecule has 0 atom stereocenters. The molecule has 0 spiro atoms. The van der Waals surface area contributed by atoms with E-state index in [1.165, 1.54) is 7.11 Å². The normalized spacial score (nSPS) is 10.3. The predicted molar refractivity (Wildman–Crippen MR) is 88.5 cm³/mol. The van der Waals surface area contributed by atoms with Gasteiger partial charge < -0.3 is 14.2 Å². The van der Waals surface area contributed by atoms with Crippen LogP contribution in [0.5, 0.6) is 17.2 Å². The van der Waals surface area contributed by atoms with Crippen LogP contribution in [0, 0.1) is 0 Å². The van der Waals surface area contributed by atoms with Crippen molar-refractivity contribution in [3.63, 3.8) is 0 Å². The third kappa shape index (κ3) is 3.11. The van der Waals surface area contributed by atoms with Crippen LogP contribution in [0.15, 0.2) is 60.7 Å². The van der Waals surface area contributed by atoms with Gasteiger partial charge in [0.05, 0.1) is 14.2 Å². The smallest absolute Gasteiger partial charge is 0.347 e. The fraction of sp³-hybridized carbons (Fsp3) is 0.105. The first-order chi connectivity index (χ1) is 11.2. The number of methoxy groups -OCH3 is 2. The number of hydrogen-bond acceptors (Lipinski definition) is 4. The molecule has 4 nitrogen and oxygen atoms in total. The number of carbonyl (C=O) groups excluding carboxylic acids is 1. The molecule has 0 fully saturated rings. The summed E-state index contributed by atoms with van der Waals surface area (Å²) in [7, 11) is 3.05. The Hall–Kier alpha value is -3.01. The molecule has 0 unspecified atom stereocenters. The van der Waals surface area contributed by atoms with Crippen LogP contribution in [0.4, 0.5) is 0 Å². The van der Waals surface area contributed by atoms with E-state index in [1.807, 2.05) is 36.4 Å². The maximum absolute atomic E-state index is 12.4. The van der Waals surface area contributed by atoms with Crippen LogP contribution in [0.25, 0.3) is 10.8 Å². The summed E-state index contributed by atoms with van der Waals surface area (Å²) in [4.78, 5) is 12.4. The first-order valence-corrected chi connectivity index (χ1v) is 7.14. The standard InChI is InChI=1S/C19H16O4/c1-21-15-9-10-18(22-2)17(12-15)19(20)23-16-8-7-13-5-3-4-6-14(13)11-16/h3-12H,1-2H3. The fourth-order valence-electron chi connectivity index (χ4n) is 2.37. The Morgan fingerprint density at radius 1 is 0.783 bits per heavy atom. The van der Waals surface area contributed by atoms with Gasteiger partial charge >= 0.3 is 5.97 Å². The van der Waals surface area contributed by atoms with Gasteiger partial charge in [-0.1, -0.05) is 30.3 Å². The van der Waals surface area contributed by atoms with Crippen molar-refractivity contribution >= 4 is 16.7 Å². The van der Waals surface area contributed by atoms with E-state index >= 15 is 0 Å². The van der Waals surface area contributed by atoms with Crippen molar-refractivity contribution in [3.05, 3.63) is 66.2 Å². The van der Waals surface area contributed by atoms with E-state index in [-0.39, 0.29) is 0 Å². The minimum atomic E-state index is -0.490. The molecule has 0 saturated carbocycles. The number of rotatable bonds is 4. The first kappa shape index (κ1) is 14.9. The number of ether oxygens (including phenoxy) is 3. The van der Waals surface area contributed by atoms with Crippen LogP contribution in [0.2, 0.25) is 0 Å². The molecular weight excluding hydrogens is 292 g/mol. The molecule has 0 aliphatic heterocycles. The van der Waals surface area contributed by atoms with Crippen molar-refractivity contribution in [2.24, 2.45) is 0 Å². The van der Waals surface area contributed by atoms with Crippen molar-refractivity contribution in [2.75, 3.05) is 14.2 Å². The summed E-state index contributed by atoms with van der Waals surface area (Å²) < 4.78 is 15.8. The Balaban J connectivity index is 1.91.